The fraction of sp³-hybridized carbons (Fsp3) is 0.360. The van der Waals surface area contributed by atoms with Gasteiger partial charge in [0, 0.05) is 56.0 Å². The summed E-state index contributed by atoms with van der Waals surface area (Å²) < 4.78 is 2.15. The number of nitrogens with zero attached hydrogens (tertiary/aromatic N) is 4. The largest absolute Gasteiger partial charge is 0.354 e. The summed E-state index contributed by atoms with van der Waals surface area (Å²) >= 11 is 0. The number of aromatic nitrogens is 2. The summed E-state index contributed by atoms with van der Waals surface area (Å²) in [5, 5.41) is 3.05. The van der Waals surface area contributed by atoms with Crippen molar-refractivity contribution in [2.75, 3.05) is 38.1 Å². The maximum absolute atomic E-state index is 12.9. The SMILES string of the molecule is Cc1ccccc1-n1c(C)cc(C(=O)NCc2ccc(N3CCN(C)CC3)nc2)c1C. The van der Waals surface area contributed by atoms with Gasteiger partial charge < -0.3 is 19.7 Å². The Kier molecular flexibility index (Phi) is 6.09. The molecule has 1 amide bonds. The molecule has 162 valence electrons. The average molecular weight is 418 g/mol. The highest BCUT2D eigenvalue weighted by Crippen LogP contribution is 2.23. The van der Waals surface area contributed by atoms with Crippen molar-refractivity contribution in [3.63, 3.8) is 0 Å². The number of likely N-dealkylation sites (N-methyl/N-ethyl adjacent to an activating group) is 1. The molecule has 1 aromatic carbocycles. The van der Waals surface area contributed by atoms with E-state index in [1.165, 1.54) is 5.56 Å². The molecule has 4 rings (SSSR count). The third-order valence-corrected chi connectivity index (χ3v) is 6.12. The minimum atomic E-state index is -0.0592. The van der Waals surface area contributed by atoms with Gasteiger partial charge in [0.05, 0.1) is 5.56 Å². The Morgan fingerprint density at radius 1 is 1.03 bits per heavy atom. The highest BCUT2D eigenvalue weighted by atomic mass is 16.1. The molecule has 31 heavy (non-hydrogen) atoms. The quantitative estimate of drug-likeness (QED) is 0.691. The number of piperazine rings is 1. The molecule has 1 aliphatic rings. The van der Waals surface area contributed by atoms with Crippen LogP contribution in [0.2, 0.25) is 0 Å². The summed E-state index contributed by atoms with van der Waals surface area (Å²) in [4.78, 5) is 22.2. The van der Waals surface area contributed by atoms with E-state index in [-0.39, 0.29) is 5.91 Å². The first kappa shape index (κ1) is 21.1. The van der Waals surface area contributed by atoms with Crippen molar-refractivity contribution in [3.05, 3.63) is 76.7 Å². The molecule has 1 aliphatic heterocycles. The number of hydrogen-bond donors (Lipinski definition) is 1. The van der Waals surface area contributed by atoms with E-state index in [4.69, 9.17) is 0 Å². The Bertz CT molecular complexity index is 1060. The van der Waals surface area contributed by atoms with Crippen molar-refractivity contribution in [3.8, 4) is 5.69 Å². The van der Waals surface area contributed by atoms with E-state index in [2.05, 4.69) is 62.9 Å². The van der Waals surface area contributed by atoms with Crippen LogP contribution in [0.15, 0.2) is 48.7 Å². The number of carbonyl (C=O) groups excluding carboxylic acids is 1. The van der Waals surface area contributed by atoms with Crippen LogP contribution in [0.4, 0.5) is 5.82 Å². The van der Waals surface area contributed by atoms with Gasteiger partial charge in [-0.2, -0.15) is 0 Å². The number of carbonyl (C=O) groups is 1. The zero-order valence-electron chi connectivity index (χ0n) is 18.9. The molecule has 0 radical (unpaired) electrons. The van der Waals surface area contributed by atoms with Gasteiger partial charge in [0.2, 0.25) is 0 Å². The molecular formula is C25H31N5O. The third-order valence-electron chi connectivity index (χ3n) is 6.12. The third kappa shape index (κ3) is 4.49. The molecule has 2 aromatic heterocycles. The Labute approximate surface area is 184 Å². The van der Waals surface area contributed by atoms with E-state index in [0.717, 1.165) is 54.6 Å². The standard InChI is InChI=1S/C25H31N5O/c1-18-7-5-6-8-23(18)30-19(2)15-22(20(30)3)25(31)27-17-21-9-10-24(26-16-21)29-13-11-28(4)12-14-29/h5-10,15-16H,11-14,17H2,1-4H3,(H,27,31). The van der Waals surface area contributed by atoms with Crippen LogP contribution in [0.5, 0.6) is 0 Å². The maximum atomic E-state index is 12.9. The van der Waals surface area contributed by atoms with Crippen molar-refractivity contribution in [2.24, 2.45) is 0 Å². The van der Waals surface area contributed by atoms with Crippen LogP contribution in [-0.2, 0) is 6.54 Å². The first-order valence-electron chi connectivity index (χ1n) is 10.9. The summed E-state index contributed by atoms with van der Waals surface area (Å²) in [6, 6.07) is 14.3. The fourth-order valence-electron chi connectivity index (χ4n) is 4.20. The first-order chi connectivity index (χ1) is 14.9. The van der Waals surface area contributed by atoms with Crippen molar-refractivity contribution in [1.82, 2.24) is 19.8 Å². The van der Waals surface area contributed by atoms with Gasteiger partial charge in [-0.15, -0.1) is 0 Å². The Balaban J connectivity index is 1.42. The Morgan fingerprint density at radius 3 is 2.45 bits per heavy atom. The van der Waals surface area contributed by atoms with Gasteiger partial charge in [0.1, 0.15) is 5.82 Å². The number of hydrogen-bond acceptors (Lipinski definition) is 4. The molecule has 0 unspecified atom stereocenters. The van der Waals surface area contributed by atoms with Gasteiger partial charge in [-0.1, -0.05) is 24.3 Å². The van der Waals surface area contributed by atoms with Crippen LogP contribution in [0.25, 0.3) is 5.69 Å². The Hall–Kier alpha value is -3.12. The molecule has 6 nitrogen and oxygen atoms in total. The van der Waals surface area contributed by atoms with Crippen LogP contribution in [0.3, 0.4) is 0 Å². The second-order valence-corrected chi connectivity index (χ2v) is 8.40. The minimum absolute atomic E-state index is 0.0592. The summed E-state index contributed by atoms with van der Waals surface area (Å²) in [5.41, 5.74) is 6.01. The van der Waals surface area contributed by atoms with Crippen molar-refractivity contribution >= 4 is 11.7 Å². The maximum Gasteiger partial charge on any atom is 0.253 e. The minimum Gasteiger partial charge on any atom is -0.354 e. The molecule has 0 atom stereocenters. The van der Waals surface area contributed by atoms with E-state index in [9.17, 15) is 4.79 Å². The predicted molar refractivity (Wildman–Crippen MR) is 125 cm³/mol. The van der Waals surface area contributed by atoms with Crippen LogP contribution in [-0.4, -0.2) is 53.6 Å². The average Bonchev–Trinajstić information content (AvgIpc) is 3.07. The normalized spacial score (nSPS) is 14.6. The lowest BCUT2D eigenvalue weighted by molar-refractivity contribution is 0.0950. The second-order valence-electron chi connectivity index (χ2n) is 8.40. The molecule has 1 saturated heterocycles. The molecule has 6 heteroatoms. The number of pyridine rings is 1. The van der Waals surface area contributed by atoms with Crippen molar-refractivity contribution in [1.29, 1.82) is 0 Å². The van der Waals surface area contributed by atoms with E-state index in [1.54, 1.807) is 0 Å². The number of rotatable bonds is 5. The van der Waals surface area contributed by atoms with E-state index >= 15 is 0 Å². The van der Waals surface area contributed by atoms with Crippen LogP contribution < -0.4 is 10.2 Å². The van der Waals surface area contributed by atoms with E-state index in [0.29, 0.717) is 12.1 Å². The van der Waals surface area contributed by atoms with Gasteiger partial charge in [0.25, 0.3) is 5.91 Å². The highest BCUT2D eigenvalue weighted by Gasteiger charge is 2.18. The van der Waals surface area contributed by atoms with Gasteiger partial charge >= 0.3 is 0 Å². The van der Waals surface area contributed by atoms with Crippen LogP contribution in [0.1, 0.15) is 32.9 Å². The summed E-state index contributed by atoms with van der Waals surface area (Å²) in [5.74, 6) is 0.945. The van der Waals surface area contributed by atoms with Crippen LogP contribution >= 0.6 is 0 Å². The molecule has 3 heterocycles. The van der Waals surface area contributed by atoms with Crippen molar-refractivity contribution in [2.45, 2.75) is 27.3 Å². The topological polar surface area (TPSA) is 53.4 Å². The van der Waals surface area contributed by atoms with E-state index in [1.807, 2.05) is 38.2 Å². The first-order valence-corrected chi connectivity index (χ1v) is 10.9. The van der Waals surface area contributed by atoms with Gasteiger partial charge in [0.15, 0.2) is 0 Å². The van der Waals surface area contributed by atoms with E-state index < -0.39 is 0 Å². The number of anilines is 1. The molecule has 0 aliphatic carbocycles. The monoisotopic (exact) mass is 417 g/mol. The molecule has 0 spiro atoms. The number of nitrogens with one attached hydrogen (secondary N) is 1. The fourth-order valence-corrected chi connectivity index (χ4v) is 4.20. The number of aryl methyl sites for hydroxylation is 2. The van der Waals surface area contributed by atoms with Crippen molar-refractivity contribution < 1.29 is 4.79 Å². The van der Waals surface area contributed by atoms with Gasteiger partial charge in [-0.25, -0.2) is 4.98 Å². The number of para-hydroxylation sites is 1. The molecule has 0 saturated carbocycles. The summed E-state index contributed by atoms with van der Waals surface area (Å²) in [6.45, 7) is 10.7. The lowest BCUT2D eigenvalue weighted by atomic mass is 10.2. The predicted octanol–water partition coefficient (Wildman–Crippen LogP) is 3.48. The number of amides is 1. The van der Waals surface area contributed by atoms with Gasteiger partial charge in [-0.3, -0.25) is 4.79 Å². The Morgan fingerprint density at radius 2 is 1.77 bits per heavy atom. The molecule has 3 aromatic rings. The zero-order chi connectivity index (χ0) is 22.0. The second kappa shape index (κ2) is 8.94. The zero-order valence-corrected chi connectivity index (χ0v) is 18.9. The molecule has 1 N–H and O–H groups in total. The highest BCUT2D eigenvalue weighted by molar-refractivity contribution is 5.95. The molecular weight excluding hydrogens is 386 g/mol. The lowest BCUT2D eigenvalue weighted by Gasteiger charge is -2.33. The lowest BCUT2D eigenvalue weighted by Crippen LogP contribution is -2.44. The summed E-state index contributed by atoms with van der Waals surface area (Å²) in [7, 11) is 2.15. The van der Waals surface area contributed by atoms with Crippen LogP contribution in [0, 0.1) is 20.8 Å². The smallest absolute Gasteiger partial charge is 0.253 e. The summed E-state index contributed by atoms with van der Waals surface area (Å²) in [6.07, 6.45) is 1.87. The molecule has 0 bridgehead atoms. The van der Waals surface area contributed by atoms with Gasteiger partial charge in [-0.05, 0) is 57.1 Å². The molecule has 1 fully saturated rings. The number of benzene rings is 1.